The molecule has 1 aliphatic rings. The van der Waals surface area contributed by atoms with Crippen LogP contribution in [0.1, 0.15) is 19.3 Å². The van der Waals surface area contributed by atoms with Crippen LogP contribution in [0.3, 0.4) is 0 Å². The second-order valence-corrected chi connectivity index (χ2v) is 4.42. The van der Waals surface area contributed by atoms with Crippen LogP contribution < -0.4 is 10.1 Å². The highest BCUT2D eigenvalue weighted by molar-refractivity contribution is 6.29. The van der Waals surface area contributed by atoms with Crippen LogP contribution in [0.2, 0.25) is 5.15 Å². The van der Waals surface area contributed by atoms with Crippen LogP contribution in [0.25, 0.3) is 0 Å². The van der Waals surface area contributed by atoms with E-state index in [1.807, 2.05) is 0 Å². The van der Waals surface area contributed by atoms with Crippen molar-refractivity contribution in [2.45, 2.75) is 19.3 Å². The predicted octanol–water partition coefficient (Wildman–Crippen LogP) is 1.90. The third kappa shape index (κ3) is 3.61. The van der Waals surface area contributed by atoms with Gasteiger partial charge in [-0.1, -0.05) is 11.6 Å². The van der Waals surface area contributed by atoms with Crippen LogP contribution in [-0.2, 0) is 0 Å². The van der Waals surface area contributed by atoms with Crippen molar-refractivity contribution in [2.24, 2.45) is 5.92 Å². The van der Waals surface area contributed by atoms with E-state index >= 15 is 0 Å². The lowest BCUT2D eigenvalue weighted by molar-refractivity contribution is 0.247. The Morgan fingerprint density at radius 3 is 3.19 bits per heavy atom. The number of hydrogen-bond acceptors (Lipinski definition) is 4. The van der Waals surface area contributed by atoms with Crippen LogP contribution in [0.4, 0.5) is 0 Å². The summed E-state index contributed by atoms with van der Waals surface area (Å²) < 4.78 is 5.53. The van der Waals surface area contributed by atoms with Crippen LogP contribution >= 0.6 is 11.6 Å². The lowest BCUT2D eigenvalue weighted by atomic mass is 9.97. The van der Waals surface area contributed by atoms with Crippen molar-refractivity contribution in [1.82, 2.24) is 15.3 Å². The molecular weight excluding hydrogens is 226 g/mol. The zero-order valence-electron chi connectivity index (χ0n) is 9.16. The number of nitrogens with one attached hydrogen (secondary N) is 1. The van der Waals surface area contributed by atoms with Gasteiger partial charge < -0.3 is 10.1 Å². The Bertz CT molecular complexity index is 329. The molecule has 0 unspecified atom stereocenters. The summed E-state index contributed by atoms with van der Waals surface area (Å²) in [5, 5.41) is 3.81. The molecule has 0 bridgehead atoms. The van der Waals surface area contributed by atoms with Gasteiger partial charge in [0.1, 0.15) is 11.5 Å². The summed E-state index contributed by atoms with van der Waals surface area (Å²) in [6, 6.07) is 1.64. The lowest BCUT2D eigenvalue weighted by Crippen LogP contribution is -2.30. The van der Waals surface area contributed by atoms with Gasteiger partial charge in [-0.2, -0.15) is 0 Å². The molecule has 0 aliphatic carbocycles. The van der Waals surface area contributed by atoms with E-state index in [2.05, 4.69) is 15.3 Å². The van der Waals surface area contributed by atoms with Gasteiger partial charge in [0.25, 0.3) is 0 Å². The summed E-state index contributed by atoms with van der Waals surface area (Å²) in [6.07, 6.45) is 5.04. The SMILES string of the molecule is Clc1cc(OCC[C@@H]2CCCNC2)ncn1. The topological polar surface area (TPSA) is 47.0 Å². The van der Waals surface area contributed by atoms with E-state index in [1.165, 1.54) is 19.2 Å². The first kappa shape index (κ1) is 11.6. The average Bonchev–Trinajstić information content (AvgIpc) is 2.30. The number of aromatic nitrogens is 2. The first-order valence-electron chi connectivity index (χ1n) is 5.65. The molecule has 1 N–H and O–H groups in total. The third-order valence-corrected chi connectivity index (χ3v) is 2.99. The van der Waals surface area contributed by atoms with Crippen molar-refractivity contribution < 1.29 is 4.74 Å². The molecule has 0 aromatic carbocycles. The van der Waals surface area contributed by atoms with Gasteiger partial charge in [0.15, 0.2) is 0 Å². The second-order valence-electron chi connectivity index (χ2n) is 4.03. The summed E-state index contributed by atoms with van der Waals surface area (Å²) in [4.78, 5) is 7.79. The Hall–Kier alpha value is -0.870. The number of nitrogens with zero attached hydrogens (tertiary/aromatic N) is 2. The lowest BCUT2D eigenvalue weighted by Gasteiger charge is -2.22. The number of hydrogen-bond donors (Lipinski definition) is 1. The summed E-state index contributed by atoms with van der Waals surface area (Å²) in [5.41, 5.74) is 0. The Morgan fingerprint density at radius 2 is 2.44 bits per heavy atom. The molecule has 1 fully saturated rings. The standard InChI is InChI=1S/C11H16ClN3O/c12-10-6-11(15-8-14-10)16-5-3-9-2-1-4-13-7-9/h6,8-9,13H,1-5,7H2/t9-/m0/s1. The van der Waals surface area contributed by atoms with Gasteiger partial charge in [0, 0.05) is 6.07 Å². The molecule has 0 spiro atoms. The van der Waals surface area contributed by atoms with Crippen LogP contribution in [0.5, 0.6) is 5.88 Å². The molecule has 1 atom stereocenters. The summed E-state index contributed by atoms with van der Waals surface area (Å²) in [6.45, 7) is 2.95. The fraction of sp³-hybridized carbons (Fsp3) is 0.636. The minimum atomic E-state index is 0.421. The minimum absolute atomic E-state index is 0.421. The number of ether oxygens (including phenoxy) is 1. The number of piperidine rings is 1. The molecule has 0 amide bonds. The highest BCUT2D eigenvalue weighted by Crippen LogP contribution is 2.15. The minimum Gasteiger partial charge on any atom is -0.478 e. The molecule has 1 saturated heterocycles. The Balaban J connectivity index is 1.71. The summed E-state index contributed by atoms with van der Waals surface area (Å²) in [7, 11) is 0. The first-order chi connectivity index (χ1) is 7.84. The van der Waals surface area contributed by atoms with Gasteiger partial charge in [-0.25, -0.2) is 9.97 Å². The maximum absolute atomic E-state index is 5.73. The third-order valence-electron chi connectivity index (χ3n) is 2.78. The molecule has 5 heteroatoms. The van der Waals surface area contributed by atoms with Gasteiger partial charge in [-0.05, 0) is 38.3 Å². The molecule has 4 nitrogen and oxygen atoms in total. The summed E-state index contributed by atoms with van der Waals surface area (Å²) >= 11 is 5.73. The van der Waals surface area contributed by atoms with Crippen LogP contribution in [0, 0.1) is 5.92 Å². The molecule has 2 rings (SSSR count). The molecule has 1 aromatic heterocycles. The van der Waals surface area contributed by atoms with Crippen molar-refractivity contribution in [3.63, 3.8) is 0 Å². The molecule has 1 aromatic rings. The Morgan fingerprint density at radius 1 is 1.50 bits per heavy atom. The molecule has 1 aliphatic heterocycles. The number of rotatable bonds is 4. The van der Waals surface area contributed by atoms with Gasteiger partial charge in [-0.15, -0.1) is 0 Å². The average molecular weight is 242 g/mol. The molecule has 0 radical (unpaired) electrons. The highest BCUT2D eigenvalue weighted by atomic mass is 35.5. The van der Waals surface area contributed by atoms with Crippen molar-refractivity contribution in [1.29, 1.82) is 0 Å². The fourth-order valence-electron chi connectivity index (χ4n) is 1.90. The van der Waals surface area contributed by atoms with E-state index in [9.17, 15) is 0 Å². The van der Waals surface area contributed by atoms with Gasteiger partial charge in [-0.3, -0.25) is 0 Å². The second kappa shape index (κ2) is 6.01. The molecule has 2 heterocycles. The van der Waals surface area contributed by atoms with Crippen LogP contribution in [-0.4, -0.2) is 29.7 Å². The van der Waals surface area contributed by atoms with E-state index in [1.54, 1.807) is 6.07 Å². The molecule has 16 heavy (non-hydrogen) atoms. The smallest absolute Gasteiger partial charge is 0.217 e. The Kier molecular flexibility index (Phi) is 4.36. The van der Waals surface area contributed by atoms with Crippen LogP contribution in [0.15, 0.2) is 12.4 Å². The van der Waals surface area contributed by atoms with Crippen molar-refractivity contribution >= 4 is 11.6 Å². The first-order valence-corrected chi connectivity index (χ1v) is 6.03. The zero-order chi connectivity index (χ0) is 11.2. The normalized spacial score (nSPS) is 20.7. The summed E-state index contributed by atoms with van der Waals surface area (Å²) in [5.74, 6) is 1.29. The van der Waals surface area contributed by atoms with Gasteiger partial charge in [0.2, 0.25) is 5.88 Å². The predicted molar refractivity (Wildman–Crippen MR) is 62.7 cm³/mol. The molecule has 88 valence electrons. The fourth-order valence-corrected chi connectivity index (χ4v) is 2.03. The van der Waals surface area contributed by atoms with E-state index in [0.29, 0.717) is 17.6 Å². The van der Waals surface area contributed by atoms with E-state index in [0.717, 1.165) is 25.4 Å². The van der Waals surface area contributed by atoms with Crippen molar-refractivity contribution in [2.75, 3.05) is 19.7 Å². The quantitative estimate of drug-likeness (QED) is 0.818. The van der Waals surface area contributed by atoms with Crippen molar-refractivity contribution in [3.05, 3.63) is 17.5 Å². The largest absolute Gasteiger partial charge is 0.478 e. The van der Waals surface area contributed by atoms with Crippen molar-refractivity contribution in [3.8, 4) is 5.88 Å². The van der Waals surface area contributed by atoms with E-state index in [-0.39, 0.29) is 0 Å². The zero-order valence-corrected chi connectivity index (χ0v) is 9.91. The van der Waals surface area contributed by atoms with Gasteiger partial charge >= 0.3 is 0 Å². The maximum atomic E-state index is 5.73. The monoisotopic (exact) mass is 241 g/mol. The highest BCUT2D eigenvalue weighted by Gasteiger charge is 2.12. The van der Waals surface area contributed by atoms with E-state index < -0.39 is 0 Å². The van der Waals surface area contributed by atoms with E-state index in [4.69, 9.17) is 16.3 Å². The molecular formula is C11H16ClN3O. The number of halogens is 1. The Labute approximate surface area is 100 Å². The molecule has 0 saturated carbocycles. The van der Waals surface area contributed by atoms with Gasteiger partial charge in [0.05, 0.1) is 6.61 Å². The maximum Gasteiger partial charge on any atom is 0.217 e.